The van der Waals surface area contributed by atoms with Crippen LogP contribution in [0.5, 0.6) is 0 Å². The van der Waals surface area contributed by atoms with Crippen molar-refractivity contribution in [2.45, 2.75) is 15.4 Å². The van der Waals surface area contributed by atoms with Gasteiger partial charge in [0.25, 0.3) is 0 Å². The molecule has 0 saturated carbocycles. The molecule has 0 rings (SSSR count). The third kappa shape index (κ3) is 2.92. The summed E-state index contributed by atoms with van der Waals surface area (Å²) in [4.78, 5) is 0. The van der Waals surface area contributed by atoms with E-state index in [2.05, 4.69) is 11.4 Å². The van der Waals surface area contributed by atoms with Gasteiger partial charge in [0.2, 0.25) is 0 Å². The van der Waals surface area contributed by atoms with Crippen molar-refractivity contribution < 1.29 is 1.43 Å². The van der Waals surface area contributed by atoms with Gasteiger partial charge in [-0.2, -0.15) is 0 Å². The van der Waals surface area contributed by atoms with Crippen LogP contribution in [0.2, 0.25) is 8.46 Å². The second kappa shape index (κ2) is 3.92. The van der Waals surface area contributed by atoms with Crippen LogP contribution < -0.4 is 0 Å². The van der Waals surface area contributed by atoms with Gasteiger partial charge in [-0.1, -0.05) is 0 Å². The number of hydrogen-bond donors (Lipinski definition) is 0. The van der Waals surface area contributed by atoms with E-state index in [1.54, 1.807) is 0 Å². The summed E-state index contributed by atoms with van der Waals surface area (Å²) in [5.74, 6) is 0. The standard InChI is InChI=1S/C2H5.CH3.Tl.H/c1-2;;;/h1H2,2H3;1H3;;/q;;;-1. The van der Waals surface area contributed by atoms with Crippen LogP contribution in [-0.4, -0.2) is 24.2 Å². The zero-order valence-electron chi connectivity index (χ0n) is 4.28. The van der Waals surface area contributed by atoms with Crippen molar-refractivity contribution in [2.24, 2.45) is 0 Å². The molecule has 4 heavy (non-hydrogen) atoms. The van der Waals surface area contributed by atoms with Crippen LogP contribution in [0.4, 0.5) is 0 Å². The molecule has 0 aliphatic rings. The van der Waals surface area contributed by atoms with Crippen LogP contribution in [-0.2, 0) is 0 Å². The monoisotopic (exact) mass is 250 g/mol. The molecular weight excluding hydrogens is 240 g/mol. The second-order valence-electron chi connectivity index (χ2n) is 0.816. The molecule has 0 aromatic rings. The molecule has 0 saturated heterocycles. The summed E-state index contributed by atoms with van der Waals surface area (Å²) in [6.45, 7) is 2.27. The van der Waals surface area contributed by atoms with Gasteiger partial charge in [-0.25, -0.2) is 0 Å². The fourth-order valence-electron chi connectivity index (χ4n) is 0. The van der Waals surface area contributed by atoms with Gasteiger partial charge in [-0.05, 0) is 0 Å². The molecule has 0 aromatic carbocycles. The van der Waals surface area contributed by atoms with Crippen LogP contribution in [0.1, 0.15) is 8.35 Å². The predicted octanol–water partition coefficient (Wildman–Crippen LogP) is 1.29. The van der Waals surface area contributed by atoms with Gasteiger partial charge < -0.3 is 1.43 Å². The molecule has 0 atom stereocenters. The summed E-state index contributed by atoms with van der Waals surface area (Å²) in [6, 6.07) is 0. The van der Waals surface area contributed by atoms with Crippen LogP contribution >= 0.6 is 0 Å². The first-order valence-corrected chi connectivity index (χ1v) is 9.36. The zero-order chi connectivity index (χ0) is 3.41. The van der Waals surface area contributed by atoms with Crippen molar-refractivity contribution in [3.8, 4) is 0 Å². The Bertz CT molecular complexity index is 8.85. The topological polar surface area (TPSA) is 0 Å². The van der Waals surface area contributed by atoms with Gasteiger partial charge in [-0.15, -0.1) is 0 Å². The van der Waals surface area contributed by atoms with Gasteiger partial charge >= 0.3 is 39.6 Å². The molecule has 0 N–H and O–H groups in total. The fraction of sp³-hybridized carbons (Fsp3) is 1.00. The van der Waals surface area contributed by atoms with Gasteiger partial charge in [0.05, 0.1) is 0 Å². The van der Waals surface area contributed by atoms with Crippen molar-refractivity contribution >= 4 is 24.2 Å². The van der Waals surface area contributed by atoms with E-state index >= 15 is 0 Å². The minimum absolute atomic E-state index is 0. The van der Waals surface area contributed by atoms with Crippen LogP contribution in [0.15, 0.2) is 0 Å². The molecule has 1 heteroatoms. The molecule has 0 radical (unpaired) electrons. The molecule has 0 fully saturated rings. The van der Waals surface area contributed by atoms with Gasteiger partial charge in [0.15, 0.2) is 0 Å². The summed E-state index contributed by atoms with van der Waals surface area (Å²) in [5, 5.41) is 0. The van der Waals surface area contributed by atoms with E-state index in [1.165, 1.54) is 3.98 Å². The van der Waals surface area contributed by atoms with Crippen molar-refractivity contribution in [1.82, 2.24) is 0 Å². The van der Waals surface area contributed by atoms with Gasteiger partial charge in [-0.3, -0.25) is 0 Å². The van der Waals surface area contributed by atoms with Crippen molar-refractivity contribution in [3.63, 3.8) is 0 Å². The SMILES string of the molecule is C[CH2][Tl][CH3].[H-]. The Labute approximate surface area is 41.3 Å². The average molecular weight is 249 g/mol. The molecule has 0 unspecified atom stereocenters. The molecule has 0 aliphatic heterocycles. The van der Waals surface area contributed by atoms with E-state index in [9.17, 15) is 0 Å². The first-order chi connectivity index (χ1) is 1.91. The molecule has 25 valence electrons. The third-order valence-electron chi connectivity index (χ3n) is 0.408. The van der Waals surface area contributed by atoms with Crippen LogP contribution in [0.3, 0.4) is 0 Å². The summed E-state index contributed by atoms with van der Waals surface area (Å²) >= 11 is -0.0231. The smallest absolute Gasteiger partial charge is 1.00 e. The van der Waals surface area contributed by atoms with Crippen molar-refractivity contribution in [3.05, 3.63) is 0 Å². The van der Waals surface area contributed by atoms with Crippen molar-refractivity contribution in [1.29, 1.82) is 0 Å². The van der Waals surface area contributed by atoms with E-state index in [4.69, 9.17) is 0 Å². The predicted molar refractivity (Wildman–Crippen MR) is 23.2 cm³/mol. The summed E-state index contributed by atoms with van der Waals surface area (Å²) in [6.07, 6.45) is 0. The minimum Gasteiger partial charge on any atom is -1.00 e. The molecule has 0 aliphatic carbocycles. The Balaban J connectivity index is 0. The second-order valence-corrected chi connectivity index (χ2v) is 7.16. The molecule has 0 heterocycles. The van der Waals surface area contributed by atoms with E-state index in [1.807, 2.05) is 0 Å². The fourth-order valence-corrected chi connectivity index (χ4v) is 0. The molecule has 0 amide bonds. The summed E-state index contributed by atoms with van der Waals surface area (Å²) in [7, 11) is 0. The Kier molecular flexibility index (Phi) is 4.83. The number of rotatable bonds is 1. The van der Waals surface area contributed by atoms with E-state index in [0.717, 1.165) is 0 Å². The normalized spacial score (nSPS) is 5.50. The summed E-state index contributed by atoms with van der Waals surface area (Å²) in [5.41, 5.74) is 0. The largest absolute Gasteiger partial charge is 1.00 e. The molecule has 0 nitrogen and oxygen atoms in total. The first kappa shape index (κ1) is 4.92. The molecule has 0 aromatic heterocycles. The van der Waals surface area contributed by atoms with Gasteiger partial charge in [0.1, 0.15) is 0 Å². The molecular formula is C3H9Tl-. The maximum atomic E-state index is 2.39. The Morgan fingerprint density at radius 3 is 2.25 bits per heavy atom. The quantitative estimate of drug-likeness (QED) is 0.614. The maximum absolute atomic E-state index is 2.39. The Morgan fingerprint density at radius 1 is 2.00 bits per heavy atom. The van der Waals surface area contributed by atoms with Crippen LogP contribution in [0.25, 0.3) is 0 Å². The molecule has 0 spiro atoms. The third-order valence-corrected chi connectivity index (χ3v) is 3.58. The molecule has 0 bridgehead atoms. The van der Waals surface area contributed by atoms with Gasteiger partial charge in [0, 0.05) is 0 Å². The van der Waals surface area contributed by atoms with Crippen LogP contribution in [0, 0.1) is 0 Å². The average Bonchev–Trinajstić information content (AvgIpc) is 1.37. The Morgan fingerprint density at radius 2 is 2.25 bits per heavy atom. The maximum Gasteiger partial charge on any atom is -1.00 e. The van der Waals surface area contributed by atoms with E-state index in [0.29, 0.717) is 0 Å². The van der Waals surface area contributed by atoms with E-state index < -0.39 is 0 Å². The number of hydrogen-bond acceptors (Lipinski definition) is 0. The summed E-state index contributed by atoms with van der Waals surface area (Å²) < 4.78 is 3.92. The minimum atomic E-state index is -0.0231. The Hall–Kier alpha value is 0.922. The first-order valence-electron chi connectivity index (χ1n) is 1.69. The van der Waals surface area contributed by atoms with Crippen molar-refractivity contribution in [2.75, 3.05) is 0 Å². The van der Waals surface area contributed by atoms with E-state index in [-0.39, 0.29) is 25.7 Å². The zero-order valence-corrected chi connectivity index (χ0v) is 7.77.